The van der Waals surface area contributed by atoms with E-state index in [1.54, 1.807) is 18.2 Å². The molecule has 0 bridgehead atoms. The molecule has 0 spiro atoms. The van der Waals surface area contributed by atoms with Crippen molar-refractivity contribution in [2.75, 3.05) is 5.32 Å². The maximum absolute atomic E-state index is 12.0. The Labute approximate surface area is 105 Å². The van der Waals surface area contributed by atoms with E-state index in [-0.39, 0.29) is 5.91 Å². The van der Waals surface area contributed by atoms with Gasteiger partial charge in [-0.15, -0.1) is 0 Å². The van der Waals surface area contributed by atoms with Crippen molar-refractivity contribution in [3.05, 3.63) is 64.7 Å². The van der Waals surface area contributed by atoms with Crippen LogP contribution in [0, 0.1) is 6.92 Å². The summed E-state index contributed by atoms with van der Waals surface area (Å²) in [5, 5.41) is 3.47. The number of nitrogens with one attached hydrogen (secondary N) is 1. The minimum absolute atomic E-state index is 0.120. The number of carbonyl (C=O) groups excluding carboxylic acids is 1. The summed E-state index contributed by atoms with van der Waals surface area (Å²) in [6.45, 7) is 1.87. The van der Waals surface area contributed by atoms with Crippen LogP contribution in [-0.2, 0) is 0 Å². The average molecular weight is 246 g/mol. The van der Waals surface area contributed by atoms with E-state index in [1.807, 2.05) is 37.3 Å². The lowest BCUT2D eigenvalue weighted by atomic mass is 10.1. The number of hydrogen-bond donors (Lipinski definition) is 1. The monoisotopic (exact) mass is 245 g/mol. The van der Waals surface area contributed by atoms with E-state index < -0.39 is 0 Å². The van der Waals surface area contributed by atoms with Crippen LogP contribution in [0.3, 0.4) is 0 Å². The second kappa shape index (κ2) is 5.02. The summed E-state index contributed by atoms with van der Waals surface area (Å²) in [5.74, 6) is -0.120. The molecule has 2 aromatic carbocycles. The Balaban J connectivity index is 2.21. The summed E-state index contributed by atoms with van der Waals surface area (Å²) in [7, 11) is 0. The smallest absolute Gasteiger partial charge is 0.255 e. The molecule has 0 heterocycles. The number of benzene rings is 2. The van der Waals surface area contributed by atoms with E-state index in [0.717, 1.165) is 11.3 Å². The van der Waals surface area contributed by atoms with Crippen molar-refractivity contribution >= 4 is 23.2 Å². The van der Waals surface area contributed by atoms with Gasteiger partial charge in [-0.05, 0) is 42.8 Å². The summed E-state index contributed by atoms with van der Waals surface area (Å²) in [6, 6.07) is 14.6. The fourth-order valence-corrected chi connectivity index (χ4v) is 1.83. The predicted octanol–water partition coefficient (Wildman–Crippen LogP) is 3.90. The molecule has 0 saturated carbocycles. The van der Waals surface area contributed by atoms with Gasteiger partial charge in [0.05, 0.1) is 0 Å². The summed E-state index contributed by atoms with van der Waals surface area (Å²) >= 11 is 5.85. The molecule has 1 N–H and O–H groups in total. The molecule has 2 rings (SSSR count). The molecule has 0 radical (unpaired) electrons. The van der Waals surface area contributed by atoms with Gasteiger partial charge in [0.25, 0.3) is 5.91 Å². The van der Waals surface area contributed by atoms with Crippen molar-refractivity contribution in [2.24, 2.45) is 0 Å². The molecule has 0 atom stereocenters. The molecule has 0 unspecified atom stereocenters. The van der Waals surface area contributed by atoms with Crippen LogP contribution in [0.5, 0.6) is 0 Å². The predicted molar refractivity (Wildman–Crippen MR) is 70.6 cm³/mol. The first-order valence-corrected chi connectivity index (χ1v) is 5.67. The average Bonchev–Trinajstić information content (AvgIpc) is 2.30. The summed E-state index contributed by atoms with van der Waals surface area (Å²) < 4.78 is 0. The summed E-state index contributed by atoms with van der Waals surface area (Å²) in [5.41, 5.74) is 2.29. The van der Waals surface area contributed by atoms with Crippen LogP contribution < -0.4 is 5.32 Å². The lowest BCUT2D eigenvalue weighted by Crippen LogP contribution is -2.13. The highest BCUT2D eigenvalue weighted by molar-refractivity contribution is 6.30. The van der Waals surface area contributed by atoms with Gasteiger partial charge in [0, 0.05) is 16.3 Å². The van der Waals surface area contributed by atoms with Gasteiger partial charge in [0.2, 0.25) is 0 Å². The quantitative estimate of drug-likeness (QED) is 0.854. The minimum atomic E-state index is -0.120. The maximum Gasteiger partial charge on any atom is 0.255 e. The third kappa shape index (κ3) is 2.86. The van der Waals surface area contributed by atoms with Crippen LogP contribution in [0.2, 0.25) is 5.02 Å². The zero-order valence-corrected chi connectivity index (χ0v) is 10.2. The number of halogens is 1. The molecular formula is C14H12ClNO. The van der Waals surface area contributed by atoms with Gasteiger partial charge in [-0.2, -0.15) is 0 Å². The molecule has 2 aromatic rings. The Morgan fingerprint density at radius 1 is 1.12 bits per heavy atom. The van der Waals surface area contributed by atoms with Gasteiger partial charge < -0.3 is 5.32 Å². The Morgan fingerprint density at radius 3 is 2.47 bits per heavy atom. The highest BCUT2D eigenvalue weighted by Crippen LogP contribution is 2.16. The SMILES string of the molecule is Cc1cc(Cl)ccc1C(=O)Nc1ccccc1. The van der Waals surface area contributed by atoms with Crippen molar-refractivity contribution in [3.8, 4) is 0 Å². The Morgan fingerprint density at radius 2 is 1.82 bits per heavy atom. The maximum atomic E-state index is 12.0. The van der Waals surface area contributed by atoms with E-state index in [9.17, 15) is 4.79 Å². The largest absolute Gasteiger partial charge is 0.322 e. The van der Waals surface area contributed by atoms with Gasteiger partial charge in [-0.25, -0.2) is 0 Å². The van der Waals surface area contributed by atoms with Crippen molar-refractivity contribution in [1.82, 2.24) is 0 Å². The third-order valence-corrected chi connectivity index (χ3v) is 2.70. The fourth-order valence-electron chi connectivity index (χ4n) is 1.60. The number of hydrogen-bond acceptors (Lipinski definition) is 1. The molecule has 0 aromatic heterocycles. The first-order valence-electron chi connectivity index (χ1n) is 5.29. The first kappa shape index (κ1) is 11.7. The first-order chi connectivity index (χ1) is 8.16. The van der Waals surface area contributed by atoms with Crippen LogP contribution in [0.25, 0.3) is 0 Å². The zero-order chi connectivity index (χ0) is 12.3. The fraction of sp³-hybridized carbons (Fsp3) is 0.0714. The highest BCUT2D eigenvalue weighted by Gasteiger charge is 2.08. The number of anilines is 1. The Bertz CT molecular complexity index is 537. The van der Waals surface area contributed by atoms with E-state index >= 15 is 0 Å². The van der Waals surface area contributed by atoms with Crippen LogP contribution in [0.4, 0.5) is 5.69 Å². The Hall–Kier alpha value is -1.80. The molecule has 0 aliphatic heterocycles. The summed E-state index contributed by atoms with van der Waals surface area (Å²) in [4.78, 5) is 12.0. The van der Waals surface area contributed by atoms with E-state index in [0.29, 0.717) is 10.6 Å². The highest BCUT2D eigenvalue weighted by atomic mass is 35.5. The number of aryl methyl sites for hydroxylation is 1. The van der Waals surface area contributed by atoms with Crippen molar-refractivity contribution in [1.29, 1.82) is 0 Å². The molecule has 1 amide bonds. The van der Waals surface area contributed by atoms with Gasteiger partial charge >= 0.3 is 0 Å². The van der Waals surface area contributed by atoms with Crippen LogP contribution in [0.15, 0.2) is 48.5 Å². The zero-order valence-electron chi connectivity index (χ0n) is 9.41. The molecule has 2 nitrogen and oxygen atoms in total. The molecule has 0 aliphatic rings. The van der Waals surface area contributed by atoms with E-state index in [4.69, 9.17) is 11.6 Å². The van der Waals surface area contributed by atoms with Crippen molar-refractivity contribution in [3.63, 3.8) is 0 Å². The second-order valence-electron chi connectivity index (χ2n) is 3.78. The topological polar surface area (TPSA) is 29.1 Å². The van der Waals surface area contributed by atoms with Crippen LogP contribution in [-0.4, -0.2) is 5.91 Å². The molecule has 86 valence electrons. The van der Waals surface area contributed by atoms with Crippen molar-refractivity contribution in [2.45, 2.75) is 6.92 Å². The molecule has 0 fully saturated rings. The van der Waals surface area contributed by atoms with Gasteiger partial charge in [-0.1, -0.05) is 29.8 Å². The number of rotatable bonds is 2. The van der Waals surface area contributed by atoms with E-state index in [1.165, 1.54) is 0 Å². The molecule has 17 heavy (non-hydrogen) atoms. The normalized spacial score (nSPS) is 10.0. The molecular weight excluding hydrogens is 234 g/mol. The van der Waals surface area contributed by atoms with Gasteiger partial charge in [0.15, 0.2) is 0 Å². The lowest BCUT2D eigenvalue weighted by Gasteiger charge is -2.07. The van der Waals surface area contributed by atoms with Gasteiger partial charge in [-0.3, -0.25) is 4.79 Å². The molecule has 3 heteroatoms. The van der Waals surface area contributed by atoms with Crippen LogP contribution >= 0.6 is 11.6 Å². The summed E-state index contributed by atoms with van der Waals surface area (Å²) in [6.07, 6.45) is 0. The lowest BCUT2D eigenvalue weighted by molar-refractivity contribution is 0.102. The molecule has 0 saturated heterocycles. The van der Waals surface area contributed by atoms with Crippen molar-refractivity contribution < 1.29 is 4.79 Å². The number of carbonyl (C=O) groups is 1. The number of amides is 1. The Kier molecular flexibility index (Phi) is 3.45. The minimum Gasteiger partial charge on any atom is -0.322 e. The van der Waals surface area contributed by atoms with E-state index in [2.05, 4.69) is 5.32 Å². The third-order valence-electron chi connectivity index (χ3n) is 2.46. The number of para-hydroxylation sites is 1. The standard InChI is InChI=1S/C14H12ClNO/c1-10-9-11(15)7-8-13(10)14(17)16-12-5-3-2-4-6-12/h2-9H,1H3,(H,16,17). The van der Waals surface area contributed by atoms with Crippen LogP contribution in [0.1, 0.15) is 15.9 Å². The van der Waals surface area contributed by atoms with Gasteiger partial charge in [0.1, 0.15) is 0 Å². The molecule has 0 aliphatic carbocycles. The second-order valence-corrected chi connectivity index (χ2v) is 4.22.